The van der Waals surface area contributed by atoms with Crippen LogP contribution in [0.2, 0.25) is 0 Å². The molecule has 5 heteroatoms. The van der Waals surface area contributed by atoms with Crippen molar-refractivity contribution < 1.29 is 9.47 Å². The normalized spacial score (nSPS) is 12.2. The monoisotopic (exact) mass is 275 g/mol. The van der Waals surface area contributed by atoms with Crippen molar-refractivity contribution in [3.05, 3.63) is 41.7 Å². The second kappa shape index (κ2) is 6.43. The minimum absolute atomic E-state index is 0.0763. The van der Waals surface area contributed by atoms with Crippen molar-refractivity contribution in [1.82, 2.24) is 9.78 Å². The van der Waals surface area contributed by atoms with Crippen LogP contribution in [-0.2, 0) is 13.5 Å². The fourth-order valence-corrected chi connectivity index (χ4v) is 2.05. The summed E-state index contributed by atoms with van der Waals surface area (Å²) in [6.07, 6.45) is 2.58. The number of ether oxygens (including phenoxy) is 2. The maximum absolute atomic E-state index is 5.96. The minimum Gasteiger partial charge on any atom is -0.497 e. The number of aromatic nitrogens is 2. The Labute approximate surface area is 119 Å². The van der Waals surface area contributed by atoms with E-state index < -0.39 is 0 Å². The summed E-state index contributed by atoms with van der Waals surface area (Å²) >= 11 is 0. The summed E-state index contributed by atoms with van der Waals surface area (Å²) in [6, 6.07) is 7.63. The van der Waals surface area contributed by atoms with Gasteiger partial charge < -0.3 is 15.2 Å². The number of nitrogens with zero attached hydrogens (tertiary/aromatic N) is 2. The lowest BCUT2D eigenvalue weighted by Crippen LogP contribution is -2.11. The Morgan fingerprint density at radius 2 is 2.15 bits per heavy atom. The number of nitrogens with two attached hydrogens (primary N) is 1. The topological polar surface area (TPSA) is 62.3 Å². The average Bonchev–Trinajstić information content (AvgIpc) is 2.84. The van der Waals surface area contributed by atoms with Gasteiger partial charge in [-0.15, -0.1) is 0 Å². The van der Waals surface area contributed by atoms with E-state index in [2.05, 4.69) is 5.10 Å². The Kier molecular flexibility index (Phi) is 4.63. The minimum atomic E-state index is -0.0763. The van der Waals surface area contributed by atoms with E-state index >= 15 is 0 Å². The zero-order valence-corrected chi connectivity index (χ0v) is 12.2. The van der Waals surface area contributed by atoms with Gasteiger partial charge in [0.15, 0.2) is 0 Å². The van der Waals surface area contributed by atoms with Gasteiger partial charge in [0.2, 0.25) is 0 Å². The molecule has 20 heavy (non-hydrogen) atoms. The standard InChI is InChI=1S/C15H21N3O2/c1-11(16)14-5-4-13(19-3)10-15(14)20-9-7-12-6-8-17-18(12)2/h4-6,8,10-11H,7,9,16H2,1-3H3. The predicted molar refractivity (Wildman–Crippen MR) is 78.0 cm³/mol. The highest BCUT2D eigenvalue weighted by Gasteiger charge is 2.10. The quantitative estimate of drug-likeness (QED) is 0.876. The Morgan fingerprint density at radius 1 is 1.35 bits per heavy atom. The first-order valence-electron chi connectivity index (χ1n) is 6.65. The van der Waals surface area contributed by atoms with E-state index in [0.717, 1.165) is 29.2 Å². The fraction of sp³-hybridized carbons (Fsp3) is 0.400. The second-order valence-corrected chi connectivity index (χ2v) is 4.74. The highest BCUT2D eigenvalue weighted by atomic mass is 16.5. The Bertz CT molecular complexity index is 564. The smallest absolute Gasteiger partial charge is 0.127 e. The highest BCUT2D eigenvalue weighted by molar-refractivity contribution is 5.42. The summed E-state index contributed by atoms with van der Waals surface area (Å²) in [6.45, 7) is 2.52. The van der Waals surface area contributed by atoms with Crippen LogP contribution in [0.4, 0.5) is 0 Å². The largest absolute Gasteiger partial charge is 0.497 e. The number of methoxy groups -OCH3 is 1. The molecule has 0 saturated carbocycles. The third-order valence-electron chi connectivity index (χ3n) is 3.25. The van der Waals surface area contributed by atoms with Gasteiger partial charge in [-0.25, -0.2) is 0 Å². The van der Waals surface area contributed by atoms with Crippen molar-refractivity contribution >= 4 is 0 Å². The van der Waals surface area contributed by atoms with E-state index in [1.807, 2.05) is 42.9 Å². The Morgan fingerprint density at radius 3 is 2.75 bits per heavy atom. The van der Waals surface area contributed by atoms with Crippen LogP contribution in [0.1, 0.15) is 24.2 Å². The molecule has 0 bridgehead atoms. The van der Waals surface area contributed by atoms with Crippen LogP contribution >= 0.6 is 0 Å². The highest BCUT2D eigenvalue weighted by Crippen LogP contribution is 2.28. The molecule has 0 fully saturated rings. The lowest BCUT2D eigenvalue weighted by atomic mass is 10.1. The van der Waals surface area contributed by atoms with Crippen molar-refractivity contribution in [2.45, 2.75) is 19.4 Å². The lowest BCUT2D eigenvalue weighted by molar-refractivity contribution is 0.311. The number of aryl methyl sites for hydroxylation is 1. The maximum Gasteiger partial charge on any atom is 0.127 e. The molecule has 2 rings (SSSR count). The van der Waals surface area contributed by atoms with Crippen molar-refractivity contribution in [2.24, 2.45) is 12.8 Å². The van der Waals surface area contributed by atoms with Gasteiger partial charge in [0.25, 0.3) is 0 Å². The summed E-state index contributed by atoms with van der Waals surface area (Å²) in [4.78, 5) is 0. The van der Waals surface area contributed by atoms with Crippen molar-refractivity contribution in [3.63, 3.8) is 0 Å². The van der Waals surface area contributed by atoms with E-state index in [9.17, 15) is 0 Å². The van der Waals surface area contributed by atoms with Gasteiger partial charge in [-0.3, -0.25) is 4.68 Å². The van der Waals surface area contributed by atoms with Gasteiger partial charge in [-0.1, -0.05) is 6.07 Å². The third-order valence-corrected chi connectivity index (χ3v) is 3.25. The van der Waals surface area contributed by atoms with Gasteiger partial charge in [0.1, 0.15) is 11.5 Å². The number of hydrogen-bond donors (Lipinski definition) is 1. The first kappa shape index (κ1) is 14.4. The van der Waals surface area contributed by atoms with E-state index in [1.165, 1.54) is 0 Å². The van der Waals surface area contributed by atoms with Crippen LogP contribution in [0.3, 0.4) is 0 Å². The molecule has 5 nitrogen and oxygen atoms in total. The molecule has 0 spiro atoms. The van der Waals surface area contributed by atoms with Crippen molar-refractivity contribution in [1.29, 1.82) is 0 Å². The van der Waals surface area contributed by atoms with Gasteiger partial charge in [-0.05, 0) is 19.1 Å². The molecule has 0 aliphatic heterocycles. The predicted octanol–water partition coefficient (Wildman–Crippen LogP) is 2.07. The molecule has 1 atom stereocenters. The molecule has 0 radical (unpaired) electrons. The van der Waals surface area contributed by atoms with Crippen LogP contribution in [0.15, 0.2) is 30.5 Å². The van der Waals surface area contributed by atoms with E-state index in [0.29, 0.717) is 6.61 Å². The maximum atomic E-state index is 5.96. The zero-order valence-electron chi connectivity index (χ0n) is 12.2. The molecule has 2 aromatic rings. The molecule has 0 saturated heterocycles. The van der Waals surface area contributed by atoms with E-state index in [4.69, 9.17) is 15.2 Å². The van der Waals surface area contributed by atoms with Crippen LogP contribution in [-0.4, -0.2) is 23.5 Å². The summed E-state index contributed by atoms with van der Waals surface area (Å²) < 4.78 is 12.9. The van der Waals surface area contributed by atoms with Gasteiger partial charge >= 0.3 is 0 Å². The number of rotatable bonds is 6. The molecule has 0 aliphatic carbocycles. The molecule has 1 unspecified atom stereocenters. The SMILES string of the molecule is COc1ccc(C(C)N)c(OCCc2ccnn2C)c1. The zero-order chi connectivity index (χ0) is 14.5. The van der Waals surface area contributed by atoms with Gasteiger partial charge in [-0.2, -0.15) is 5.10 Å². The molecular formula is C15H21N3O2. The van der Waals surface area contributed by atoms with Crippen LogP contribution < -0.4 is 15.2 Å². The molecule has 1 heterocycles. The molecule has 1 aromatic carbocycles. The van der Waals surface area contributed by atoms with E-state index in [1.54, 1.807) is 13.3 Å². The van der Waals surface area contributed by atoms with Crippen LogP contribution in [0.25, 0.3) is 0 Å². The summed E-state index contributed by atoms with van der Waals surface area (Å²) in [5, 5.41) is 4.14. The average molecular weight is 275 g/mol. The van der Waals surface area contributed by atoms with Gasteiger partial charge in [0, 0.05) is 43.0 Å². The lowest BCUT2D eigenvalue weighted by Gasteiger charge is -2.15. The third kappa shape index (κ3) is 3.30. The molecule has 0 aliphatic rings. The first-order chi connectivity index (χ1) is 9.61. The Hall–Kier alpha value is -2.01. The molecular weight excluding hydrogens is 254 g/mol. The number of benzene rings is 1. The molecule has 2 N–H and O–H groups in total. The number of hydrogen-bond acceptors (Lipinski definition) is 4. The van der Waals surface area contributed by atoms with Gasteiger partial charge in [0.05, 0.1) is 13.7 Å². The molecule has 108 valence electrons. The summed E-state index contributed by atoms with van der Waals surface area (Å²) in [5.74, 6) is 1.55. The van der Waals surface area contributed by atoms with E-state index in [-0.39, 0.29) is 6.04 Å². The fourth-order valence-electron chi connectivity index (χ4n) is 2.05. The van der Waals surface area contributed by atoms with Crippen molar-refractivity contribution in [3.8, 4) is 11.5 Å². The first-order valence-corrected chi connectivity index (χ1v) is 6.65. The second-order valence-electron chi connectivity index (χ2n) is 4.74. The Balaban J connectivity index is 2.05. The molecule has 1 aromatic heterocycles. The summed E-state index contributed by atoms with van der Waals surface area (Å²) in [5.41, 5.74) is 8.08. The summed E-state index contributed by atoms with van der Waals surface area (Å²) in [7, 11) is 3.56. The molecule has 0 amide bonds. The van der Waals surface area contributed by atoms with Crippen LogP contribution in [0, 0.1) is 0 Å². The van der Waals surface area contributed by atoms with Crippen LogP contribution in [0.5, 0.6) is 11.5 Å². The van der Waals surface area contributed by atoms with Crippen molar-refractivity contribution in [2.75, 3.05) is 13.7 Å².